The largest absolute Gasteiger partial charge is 0.365 e. The van der Waals surface area contributed by atoms with E-state index in [9.17, 15) is 4.79 Å². The SMILES string of the molecule is C=C[C@H]1CC(=O)[C@@H]2OC(c3ccccc3)OC[C@H]2O1. The topological polar surface area (TPSA) is 44.8 Å². The lowest BCUT2D eigenvalue weighted by Crippen LogP contribution is -2.52. The number of carbonyl (C=O) groups is 1. The Bertz CT molecular complexity index is 470. The van der Waals surface area contributed by atoms with Crippen LogP contribution in [0, 0.1) is 0 Å². The van der Waals surface area contributed by atoms with E-state index in [1.807, 2.05) is 30.3 Å². The molecule has 0 aliphatic carbocycles. The molecule has 2 saturated heterocycles. The summed E-state index contributed by atoms with van der Waals surface area (Å²) in [5.41, 5.74) is 0.916. The van der Waals surface area contributed by atoms with E-state index in [4.69, 9.17) is 14.2 Å². The van der Waals surface area contributed by atoms with Gasteiger partial charge in [-0.25, -0.2) is 0 Å². The number of rotatable bonds is 2. The van der Waals surface area contributed by atoms with Gasteiger partial charge in [0.2, 0.25) is 0 Å². The van der Waals surface area contributed by atoms with Crippen molar-refractivity contribution in [3.05, 3.63) is 48.6 Å². The van der Waals surface area contributed by atoms with E-state index in [1.165, 1.54) is 0 Å². The third kappa shape index (κ3) is 2.47. The third-order valence-electron chi connectivity index (χ3n) is 3.42. The van der Waals surface area contributed by atoms with Gasteiger partial charge < -0.3 is 14.2 Å². The Morgan fingerprint density at radius 2 is 2.00 bits per heavy atom. The minimum atomic E-state index is -0.532. The van der Waals surface area contributed by atoms with E-state index in [0.717, 1.165) is 5.56 Å². The molecule has 0 amide bonds. The maximum atomic E-state index is 12.1. The molecule has 2 fully saturated rings. The summed E-state index contributed by atoms with van der Waals surface area (Å²) in [7, 11) is 0. The zero-order valence-corrected chi connectivity index (χ0v) is 10.5. The van der Waals surface area contributed by atoms with Gasteiger partial charge in [0.25, 0.3) is 0 Å². The second kappa shape index (κ2) is 5.25. The van der Waals surface area contributed by atoms with Gasteiger partial charge in [0.15, 0.2) is 12.1 Å². The van der Waals surface area contributed by atoms with Crippen molar-refractivity contribution in [1.29, 1.82) is 0 Å². The van der Waals surface area contributed by atoms with E-state index in [-0.39, 0.29) is 18.0 Å². The molecular formula is C15H16O4. The predicted octanol–water partition coefficient (Wildman–Crippen LogP) is 2.01. The second-order valence-electron chi connectivity index (χ2n) is 4.75. The van der Waals surface area contributed by atoms with Gasteiger partial charge >= 0.3 is 0 Å². The lowest BCUT2D eigenvalue weighted by atomic mass is 9.98. The van der Waals surface area contributed by atoms with Gasteiger partial charge in [-0.3, -0.25) is 4.79 Å². The quantitative estimate of drug-likeness (QED) is 0.763. The fourth-order valence-electron chi connectivity index (χ4n) is 2.43. The van der Waals surface area contributed by atoms with Crippen molar-refractivity contribution >= 4 is 5.78 Å². The highest BCUT2D eigenvalue weighted by Crippen LogP contribution is 2.32. The first kappa shape index (κ1) is 12.5. The molecule has 2 aliphatic rings. The van der Waals surface area contributed by atoms with Gasteiger partial charge in [0, 0.05) is 12.0 Å². The molecule has 0 aromatic heterocycles. The van der Waals surface area contributed by atoms with Crippen LogP contribution in [0.4, 0.5) is 0 Å². The van der Waals surface area contributed by atoms with Crippen molar-refractivity contribution in [3.63, 3.8) is 0 Å². The Kier molecular flexibility index (Phi) is 3.46. The lowest BCUT2D eigenvalue weighted by Gasteiger charge is -2.40. The minimum Gasteiger partial charge on any atom is -0.365 e. The first-order chi connectivity index (χ1) is 9.28. The van der Waals surface area contributed by atoms with Gasteiger partial charge in [0.05, 0.1) is 12.7 Å². The Labute approximate surface area is 112 Å². The number of benzene rings is 1. The summed E-state index contributed by atoms with van der Waals surface area (Å²) in [5, 5.41) is 0. The van der Waals surface area contributed by atoms with Gasteiger partial charge in [-0.05, 0) is 0 Å². The average Bonchev–Trinajstić information content (AvgIpc) is 2.47. The van der Waals surface area contributed by atoms with E-state index in [1.54, 1.807) is 6.08 Å². The number of ketones is 1. The van der Waals surface area contributed by atoms with Crippen LogP contribution in [0.5, 0.6) is 0 Å². The number of carbonyl (C=O) groups excluding carboxylic acids is 1. The van der Waals surface area contributed by atoms with Gasteiger partial charge in [-0.2, -0.15) is 0 Å². The second-order valence-corrected chi connectivity index (χ2v) is 4.75. The fraction of sp³-hybridized carbons (Fsp3) is 0.400. The van der Waals surface area contributed by atoms with Gasteiger partial charge in [-0.15, -0.1) is 6.58 Å². The molecule has 0 saturated carbocycles. The molecule has 1 unspecified atom stereocenters. The van der Waals surface area contributed by atoms with Crippen LogP contribution in [-0.4, -0.2) is 30.7 Å². The fourth-order valence-corrected chi connectivity index (χ4v) is 2.43. The summed E-state index contributed by atoms with van der Waals surface area (Å²) in [5.74, 6) is 0.0605. The third-order valence-corrected chi connectivity index (χ3v) is 3.42. The summed E-state index contributed by atoms with van der Waals surface area (Å²) < 4.78 is 17.1. The van der Waals surface area contributed by atoms with E-state index in [0.29, 0.717) is 13.0 Å². The maximum Gasteiger partial charge on any atom is 0.184 e. The van der Waals surface area contributed by atoms with Crippen LogP contribution in [0.15, 0.2) is 43.0 Å². The highest BCUT2D eigenvalue weighted by molar-refractivity contribution is 5.85. The number of ether oxygens (including phenoxy) is 3. The number of fused-ring (bicyclic) bond motifs is 1. The molecule has 0 bridgehead atoms. The molecule has 3 rings (SSSR count). The molecule has 2 heterocycles. The van der Waals surface area contributed by atoms with Gasteiger partial charge in [-0.1, -0.05) is 36.4 Å². The number of hydrogen-bond acceptors (Lipinski definition) is 4. The average molecular weight is 260 g/mol. The van der Waals surface area contributed by atoms with Crippen LogP contribution < -0.4 is 0 Å². The van der Waals surface area contributed by atoms with Crippen LogP contribution in [0.25, 0.3) is 0 Å². The Morgan fingerprint density at radius 1 is 1.21 bits per heavy atom. The predicted molar refractivity (Wildman–Crippen MR) is 68.5 cm³/mol. The summed E-state index contributed by atoms with van der Waals surface area (Å²) in [4.78, 5) is 12.1. The molecule has 19 heavy (non-hydrogen) atoms. The summed E-state index contributed by atoms with van der Waals surface area (Å²) in [6.45, 7) is 4.02. The molecule has 1 aromatic carbocycles. The van der Waals surface area contributed by atoms with Crippen LogP contribution in [0.2, 0.25) is 0 Å². The van der Waals surface area contributed by atoms with Crippen molar-refractivity contribution < 1.29 is 19.0 Å². The molecule has 1 aromatic rings. The van der Waals surface area contributed by atoms with Crippen LogP contribution in [0.3, 0.4) is 0 Å². The van der Waals surface area contributed by atoms with Crippen LogP contribution in [0.1, 0.15) is 18.3 Å². The molecule has 4 heteroatoms. The molecule has 100 valence electrons. The first-order valence-corrected chi connectivity index (χ1v) is 6.40. The lowest BCUT2D eigenvalue weighted by molar-refractivity contribution is -0.272. The van der Waals surface area contributed by atoms with Gasteiger partial charge in [0.1, 0.15) is 12.2 Å². The van der Waals surface area contributed by atoms with Crippen molar-refractivity contribution in [3.8, 4) is 0 Å². The summed E-state index contributed by atoms with van der Waals surface area (Å²) >= 11 is 0. The zero-order valence-electron chi connectivity index (χ0n) is 10.5. The standard InChI is InChI=1S/C15H16O4/c1-2-11-8-12(16)14-13(18-11)9-17-15(19-14)10-6-4-3-5-7-10/h2-7,11,13-15H,1,8-9H2/t11-,13+,14-,15?/m0/s1. The molecule has 4 atom stereocenters. The minimum absolute atomic E-state index is 0.0605. The Balaban J connectivity index is 1.74. The Morgan fingerprint density at radius 3 is 2.74 bits per heavy atom. The highest BCUT2D eigenvalue weighted by atomic mass is 16.7. The highest BCUT2D eigenvalue weighted by Gasteiger charge is 2.42. The molecule has 0 N–H and O–H groups in total. The number of Topliss-reactive ketones (excluding diaryl/α,β-unsaturated/α-hetero) is 1. The van der Waals surface area contributed by atoms with Crippen LogP contribution >= 0.6 is 0 Å². The zero-order chi connectivity index (χ0) is 13.2. The van der Waals surface area contributed by atoms with E-state index >= 15 is 0 Å². The van der Waals surface area contributed by atoms with Crippen molar-refractivity contribution in [2.24, 2.45) is 0 Å². The van der Waals surface area contributed by atoms with Crippen molar-refractivity contribution in [1.82, 2.24) is 0 Å². The molecule has 2 aliphatic heterocycles. The van der Waals surface area contributed by atoms with Crippen molar-refractivity contribution in [2.75, 3.05) is 6.61 Å². The Hall–Kier alpha value is -1.49. The first-order valence-electron chi connectivity index (χ1n) is 6.40. The van der Waals surface area contributed by atoms with E-state index < -0.39 is 12.4 Å². The van der Waals surface area contributed by atoms with E-state index in [2.05, 4.69) is 6.58 Å². The molecule has 0 radical (unpaired) electrons. The summed E-state index contributed by atoms with van der Waals surface area (Å²) in [6, 6.07) is 9.61. The summed E-state index contributed by atoms with van der Waals surface area (Å²) in [6.07, 6.45) is 0.396. The molecular weight excluding hydrogens is 244 g/mol. The number of hydrogen-bond donors (Lipinski definition) is 0. The monoisotopic (exact) mass is 260 g/mol. The smallest absolute Gasteiger partial charge is 0.184 e. The van der Waals surface area contributed by atoms with Crippen molar-refractivity contribution in [2.45, 2.75) is 31.0 Å². The molecule has 0 spiro atoms. The van der Waals surface area contributed by atoms with Crippen LogP contribution in [-0.2, 0) is 19.0 Å². The maximum absolute atomic E-state index is 12.1. The molecule has 4 nitrogen and oxygen atoms in total. The normalized spacial score (nSPS) is 34.6.